The Kier molecular flexibility index (Phi) is 4.15. The molecule has 0 aliphatic rings. The molecular formula is C11H9BrF2O. The summed E-state index contributed by atoms with van der Waals surface area (Å²) in [5.74, 6) is -1.91. The number of allylic oxidation sites excluding steroid dienone is 1. The lowest BCUT2D eigenvalue weighted by Crippen LogP contribution is -1.99. The lowest BCUT2D eigenvalue weighted by atomic mass is 10.1. The molecule has 0 aromatic heterocycles. The number of carbonyl (C=O) groups is 1. The highest BCUT2D eigenvalue weighted by Crippen LogP contribution is 2.17. The van der Waals surface area contributed by atoms with Crippen LogP contribution in [0.2, 0.25) is 0 Å². The molecule has 0 saturated carbocycles. The van der Waals surface area contributed by atoms with Gasteiger partial charge < -0.3 is 0 Å². The van der Waals surface area contributed by atoms with E-state index in [0.717, 1.165) is 6.07 Å². The molecule has 15 heavy (non-hydrogen) atoms. The molecule has 0 N–H and O–H groups in total. The first-order valence-electron chi connectivity index (χ1n) is 4.28. The molecule has 0 atom stereocenters. The minimum atomic E-state index is -0.823. The van der Waals surface area contributed by atoms with Crippen molar-refractivity contribution >= 4 is 27.8 Å². The fourth-order valence-corrected chi connectivity index (χ4v) is 1.32. The monoisotopic (exact) mass is 274 g/mol. The third-order valence-corrected chi connectivity index (χ3v) is 2.23. The van der Waals surface area contributed by atoms with Gasteiger partial charge in [0.05, 0.1) is 5.56 Å². The van der Waals surface area contributed by atoms with Crippen molar-refractivity contribution < 1.29 is 13.6 Å². The van der Waals surface area contributed by atoms with Gasteiger partial charge in [0, 0.05) is 17.0 Å². The molecule has 0 bridgehead atoms. The van der Waals surface area contributed by atoms with E-state index in [1.165, 1.54) is 19.1 Å². The predicted molar refractivity (Wildman–Crippen MR) is 59.2 cm³/mol. The lowest BCUT2D eigenvalue weighted by Gasteiger charge is -2.02. The molecule has 0 radical (unpaired) electrons. The van der Waals surface area contributed by atoms with Gasteiger partial charge in [0.25, 0.3) is 0 Å². The van der Waals surface area contributed by atoms with Gasteiger partial charge in [0.2, 0.25) is 0 Å². The zero-order valence-corrected chi connectivity index (χ0v) is 9.64. The Balaban J connectivity index is 3.23. The van der Waals surface area contributed by atoms with Crippen LogP contribution in [0.4, 0.5) is 8.78 Å². The smallest absolute Gasteiger partial charge is 0.162 e. The Labute approximate surface area is 94.9 Å². The first-order chi connectivity index (χ1) is 7.06. The number of carbonyl (C=O) groups excluding carboxylic acids is 1. The third kappa shape index (κ3) is 2.96. The lowest BCUT2D eigenvalue weighted by molar-refractivity contribution is 0.101. The van der Waals surface area contributed by atoms with Crippen molar-refractivity contribution in [1.29, 1.82) is 0 Å². The van der Waals surface area contributed by atoms with Gasteiger partial charge in [-0.3, -0.25) is 4.79 Å². The topological polar surface area (TPSA) is 17.1 Å². The molecule has 0 unspecified atom stereocenters. The van der Waals surface area contributed by atoms with Crippen molar-refractivity contribution in [3.8, 4) is 0 Å². The molecule has 1 rings (SSSR count). The van der Waals surface area contributed by atoms with E-state index in [2.05, 4.69) is 15.9 Å². The maximum absolute atomic E-state index is 13.2. The zero-order valence-electron chi connectivity index (χ0n) is 8.06. The summed E-state index contributed by atoms with van der Waals surface area (Å²) in [5, 5.41) is 0.569. The zero-order chi connectivity index (χ0) is 11.4. The van der Waals surface area contributed by atoms with E-state index in [0.29, 0.717) is 5.33 Å². The Morgan fingerprint density at radius 3 is 2.60 bits per heavy atom. The molecule has 0 aliphatic carbocycles. The second kappa shape index (κ2) is 5.16. The van der Waals surface area contributed by atoms with Crippen molar-refractivity contribution in [3.63, 3.8) is 0 Å². The number of Topliss-reactive ketones (excluding diaryl/α,β-unsaturated/α-hetero) is 1. The fourth-order valence-electron chi connectivity index (χ4n) is 1.13. The van der Waals surface area contributed by atoms with Gasteiger partial charge in [0.1, 0.15) is 11.6 Å². The normalized spacial score (nSPS) is 10.9. The summed E-state index contributed by atoms with van der Waals surface area (Å²) in [4.78, 5) is 11.0. The summed E-state index contributed by atoms with van der Waals surface area (Å²) < 4.78 is 26.3. The van der Waals surface area contributed by atoms with Gasteiger partial charge >= 0.3 is 0 Å². The van der Waals surface area contributed by atoms with Crippen LogP contribution >= 0.6 is 15.9 Å². The van der Waals surface area contributed by atoms with Gasteiger partial charge in [-0.15, -0.1) is 0 Å². The summed E-state index contributed by atoms with van der Waals surface area (Å²) >= 11 is 3.14. The van der Waals surface area contributed by atoms with E-state index in [9.17, 15) is 13.6 Å². The van der Waals surface area contributed by atoms with E-state index in [1.807, 2.05) is 0 Å². The van der Waals surface area contributed by atoms with E-state index >= 15 is 0 Å². The molecular weight excluding hydrogens is 266 g/mol. The first kappa shape index (κ1) is 12.0. The first-order valence-corrected chi connectivity index (χ1v) is 5.41. The van der Waals surface area contributed by atoms with Crippen LogP contribution in [-0.2, 0) is 0 Å². The Morgan fingerprint density at radius 1 is 1.40 bits per heavy atom. The van der Waals surface area contributed by atoms with Gasteiger partial charge in [0.15, 0.2) is 5.78 Å². The highest BCUT2D eigenvalue weighted by Gasteiger charge is 2.11. The Morgan fingerprint density at radius 2 is 2.07 bits per heavy atom. The Bertz CT molecular complexity index is 413. The molecule has 0 saturated heterocycles. The molecule has 1 aromatic rings. The summed E-state index contributed by atoms with van der Waals surface area (Å²) in [6, 6.07) is 1.94. The second-order valence-corrected chi connectivity index (χ2v) is 3.61. The third-order valence-electron chi connectivity index (χ3n) is 1.85. The van der Waals surface area contributed by atoms with Crippen LogP contribution in [0.1, 0.15) is 22.8 Å². The maximum Gasteiger partial charge on any atom is 0.162 e. The van der Waals surface area contributed by atoms with Crippen LogP contribution in [0.15, 0.2) is 18.2 Å². The molecule has 1 nitrogen and oxygen atoms in total. The van der Waals surface area contributed by atoms with Crippen LogP contribution in [0.3, 0.4) is 0 Å². The number of hydrogen-bond donors (Lipinski definition) is 0. The average molecular weight is 275 g/mol. The predicted octanol–water partition coefficient (Wildman–Crippen LogP) is 3.58. The quantitative estimate of drug-likeness (QED) is 0.608. The average Bonchev–Trinajstić information content (AvgIpc) is 2.16. The Hall–Kier alpha value is -1.03. The minimum absolute atomic E-state index is 0.0920. The van der Waals surface area contributed by atoms with Gasteiger partial charge in [-0.1, -0.05) is 28.1 Å². The number of benzene rings is 1. The van der Waals surface area contributed by atoms with Crippen LogP contribution in [-0.4, -0.2) is 11.1 Å². The van der Waals surface area contributed by atoms with Crippen molar-refractivity contribution in [2.45, 2.75) is 6.92 Å². The molecule has 0 spiro atoms. The summed E-state index contributed by atoms with van der Waals surface area (Å²) in [6.07, 6.45) is 3.16. The molecule has 1 aromatic carbocycles. The number of halogens is 3. The molecule has 80 valence electrons. The van der Waals surface area contributed by atoms with Crippen molar-refractivity contribution in [2.24, 2.45) is 0 Å². The molecule has 0 fully saturated rings. The van der Waals surface area contributed by atoms with E-state index in [4.69, 9.17) is 0 Å². The van der Waals surface area contributed by atoms with Gasteiger partial charge in [-0.25, -0.2) is 8.78 Å². The maximum atomic E-state index is 13.2. The van der Waals surface area contributed by atoms with Crippen LogP contribution in [0.5, 0.6) is 0 Å². The second-order valence-electron chi connectivity index (χ2n) is 2.97. The summed E-state index contributed by atoms with van der Waals surface area (Å²) in [6.45, 7) is 1.24. The molecule has 4 heteroatoms. The van der Waals surface area contributed by atoms with Crippen molar-refractivity contribution in [1.82, 2.24) is 0 Å². The van der Waals surface area contributed by atoms with E-state index < -0.39 is 17.4 Å². The van der Waals surface area contributed by atoms with Gasteiger partial charge in [-0.2, -0.15) is 0 Å². The van der Waals surface area contributed by atoms with Gasteiger partial charge in [-0.05, 0) is 13.0 Å². The van der Waals surface area contributed by atoms with E-state index in [1.54, 1.807) is 6.08 Å². The van der Waals surface area contributed by atoms with Crippen molar-refractivity contribution in [3.05, 3.63) is 41.0 Å². The molecule has 0 heterocycles. The number of ketones is 1. The summed E-state index contributed by atoms with van der Waals surface area (Å²) in [5.41, 5.74) is 0.117. The highest BCUT2D eigenvalue weighted by atomic mass is 79.9. The van der Waals surface area contributed by atoms with Crippen LogP contribution < -0.4 is 0 Å². The minimum Gasteiger partial charge on any atom is -0.294 e. The highest BCUT2D eigenvalue weighted by molar-refractivity contribution is 9.09. The molecule has 0 aliphatic heterocycles. The standard InChI is InChI=1S/C11H9BrF2O/c1-7(15)9-5-8(3-2-4-12)10(13)6-11(9)14/h2-3,5-6H,4H2,1H3. The largest absolute Gasteiger partial charge is 0.294 e. The molecule has 0 amide bonds. The number of alkyl halides is 1. The van der Waals surface area contributed by atoms with E-state index in [-0.39, 0.29) is 11.1 Å². The number of hydrogen-bond acceptors (Lipinski definition) is 1. The van der Waals surface area contributed by atoms with Crippen molar-refractivity contribution in [2.75, 3.05) is 5.33 Å². The fraction of sp³-hybridized carbons (Fsp3) is 0.182. The van der Waals surface area contributed by atoms with Crippen LogP contribution in [0.25, 0.3) is 6.08 Å². The SMILES string of the molecule is CC(=O)c1cc(C=CCBr)c(F)cc1F. The number of rotatable bonds is 3. The summed E-state index contributed by atoms with van der Waals surface area (Å²) in [7, 11) is 0. The van der Waals surface area contributed by atoms with Crippen LogP contribution in [0, 0.1) is 11.6 Å².